The van der Waals surface area contributed by atoms with Gasteiger partial charge in [0, 0.05) is 28.8 Å². The van der Waals surface area contributed by atoms with E-state index in [1.165, 1.54) is 17.4 Å². The van der Waals surface area contributed by atoms with Crippen LogP contribution in [0.25, 0.3) is 10.6 Å². The molecular formula is C24H18ClF2N5O2S. The van der Waals surface area contributed by atoms with Crippen LogP contribution in [-0.2, 0) is 11.2 Å². The summed E-state index contributed by atoms with van der Waals surface area (Å²) in [7, 11) is 0. The van der Waals surface area contributed by atoms with Gasteiger partial charge in [-0.2, -0.15) is 0 Å². The lowest BCUT2D eigenvalue weighted by molar-refractivity contribution is -0.117. The van der Waals surface area contributed by atoms with E-state index in [1.54, 1.807) is 24.3 Å². The smallest absolute Gasteiger partial charge is 0.319 e. The highest BCUT2D eigenvalue weighted by molar-refractivity contribution is 7.18. The van der Waals surface area contributed by atoms with E-state index in [4.69, 9.17) is 11.6 Å². The molecule has 0 spiro atoms. The number of amides is 3. The normalized spacial score (nSPS) is 11.5. The summed E-state index contributed by atoms with van der Waals surface area (Å²) in [5.74, 6) is -2.66. The molecule has 1 atom stereocenters. The van der Waals surface area contributed by atoms with Crippen molar-refractivity contribution >= 4 is 45.7 Å². The summed E-state index contributed by atoms with van der Waals surface area (Å²) in [6.07, 6.45) is 0.181. The van der Waals surface area contributed by atoms with Gasteiger partial charge in [0.1, 0.15) is 11.0 Å². The standard InChI is InChI=1S/C24H18ClF2N5O2S/c25-16-8-6-15(7-9-16)22-31-32-24(35-22)30-21(33)20(12-14-4-2-1-3-5-14)29-23(34)28-17-10-11-18(26)19(27)13-17/h1-11,13,20H,12H2,(H2,28,29,34)(H,30,32,33). The van der Waals surface area contributed by atoms with E-state index in [0.717, 1.165) is 23.3 Å². The summed E-state index contributed by atoms with van der Waals surface area (Å²) in [5.41, 5.74) is 1.63. The number of nitrogens with zero attached hydrogens (tertiary/aromatic N) is 2. The second kappa shape index (κ2) is 11.0. The number of benzene rings is 3. The Morgan fingerprint density at radius 1 is 0.914 bits per heavy atom. The Morgan fingerprint density at radius 2 is 1.66 bits per heavy atom. The molecule has 3 N–H and O–H groups in total. The highest BCUT2D eigenvalue weighted by Gasteiger charge is 2.23. The van der Waals surface area contributed by atoms with E-state index in [1.807, 2.05) is 30.3 Å². The van der Waals surface area contributed by atoms with Gasteiger partial charge in [-0.25, -0.2) is 13.6 Å². The second-order valence-corrected chi connectivity index (χ2v) is 8.79. The zero-order valence-electron chi connectivity index (χ0n) is 18.0. The average Bonchev–Trinajstić information content (AvgIpc) is 3.30. The van der Waals surface area contributed by atoms with Crippen LogP contribution in [0.15, 0.2) is 72.8 Å². The number of rotatable bonds is 7. The zero-order valence-corrected chi connectivity index (χ0v) is 19.5. The molecule has 4 rings (SSSR count). The number of urea groups is 1. The summed E-state index contributed by atoms with van der Waals surface area (Å²) in [6.45, 7) is 0. The molecule has 11 heteroatoms. The number of hydrogen-bond donors (Lipinski definition) is 3. The molecule has 3 amide bonds. The van der Waals surface area contributed by atoms with Crippen LogP contribution in [-0.4, -0.2) is 28.2 Å². The molecule has 7 nitrogen and oxygen atoms in total. The molecule has 1 heterocycles. The first-order valence-electron chi connectivity index (χ1n) is 10.3. The lowest BCUT2D eigenvalue weighted by Crippen LogP contribution is -2.46. The van der Waals surface area contributed by atoms with Gasteiger partial charge in [0.05, 0.1) is 0 Å². The minimum absolute atomic E-state index is 0.0389. The van der Waals surface area contributed by atoms with Crippen molar-refractivity contribution in [2.24, 2.45) is 0 Å². The molecule has 4 aromatic rings. The Hall–Kier alpha value is -3.89. The minimum atomic E-state index is -1.10. The summed E-state index contributed by atoms with van der Waals surface area (Å²) in [5, 5.41) is 17.2. The molecule has 0 saturated carbocycles. The van der Waals surface area contributed by atoms with Crippen molar-refractivity contribution in [2.75, 3.05) is 10.6 Å². The van der Waals surface area contributed by atoms with E-state index in [9.17, 15) is 18.4 Å². The number of nitrogens with one attached hydrogen (secondary N) is 3. The fourth-order valence-corrected chi connectivity index (χ4v) is 4.01. The van der Waals surface area contributed by atoms with Crippen LogP contribution < -0.4 is 16.0 Å². The lowest BCUT2D eigenvalue weighted by Gasteiger charge is -2.18. The predicted octanol–water partition coefficient (Wildman–Crippen LogP) is 5.51. The highest BCUT2D eigenvalue weighted by Crippen LogP contribution is 2.27. The molecule has 3 aromatic carbocycles. The van der Waals surface area contributed by atoms with Crippen LogP contribution >= 0.6 is 22.9 Å². The molecule has 1 aromatic heterocycles. The largest absolute Gasteiger partial charge is 0.326 e. The van der Waals surface area contributed by atoms with Gasteiger partial charge in [-0.05, 0) is 29.8 Å². The summed E-state index contributed by atoms with van der Waals surface area (Å²) >= 11 is 7.08. The lowest BCUT2D eigenvalue weighted by atomic mass is 10.1. The monoisotopic (exact) mass is 513 g/mol. The SMILES string of the molecule is O=C(Nc1ccc(F)c(F)c1)NC(Cc1ccccc1)C(=O)Nc1nnc(-c2ccc(Cl)cc2)s1. The van der Waals surface area contributed by atoms with Gasteiger partial charge in [0.2, 0.25) is 11.0 Å². The number of carbonyl (C=O) groups is 2. The van der Waals surface area contributed by atoms with Crippen molar-refractivity contribution in [1.29, 1.82) is 0 Å². The first-order valence-corrected chi connectivity index (χ1v) is 11.5. The van der Waals surface area contributed by atoms with Crippen molar-refractivity contribution in [2.45, 2.75) is 12.5 Å². The molecule has 0 bridgehead atoms. The first-order chi connectivity index (χ1) is 16.9. The van der Waals surface area contributed by atoms with Gasteiger partial charge < -0.3 is 10.6 Å². The maximum Gasteiger partial charge on any atom is 0.319 e. The third kappa shape index (κ3) is 6.58. The third-order valence-corrected chi connectivity index (χ3v) is 5.97. The number of hydrogen-bond acceptors (Lipinski definition) is 5. The van der Waals surface area contributed by atoms with Gasteiger partial charge in [-0.3, -0.25) is 10.1 Å². The Kier molecular flexibility index (Phi) is 7.64. The zero-order chi connectivity index (χ0) is 24.8. The topological polar surface area (TPSA) is 96.0 Å². The second-order valence-electron chi connectivity index (χ2n) is 7.38. The maximum atomic E-state index is 13.5. The van der Waals surface area contributed by atoms with Gasteiger partial charge in [0.15, 0.2) is 11.6 Å². The number of carbonyl (C=O) groups excluding carboxylic acids is 2. The molecule has 178 valence electrons. The van der Waals surface area contributed by atoms with Crippen molar-refractivity contribution in [3.05, 3.63) is 95.0 Å². The number of aromatic nitrogens is 2. The molecule has 1 unspecified atom stereocenters. The molecule has 0 aliphatic heterocycles. The quantitative estimate of drug-likeness (QED) is 0.304. The molecule has 0 aliphatic rings. The van der Waals surface area contributed by atoms with Gasteiger partial charge in [-0.1, -0.05) is 65.4 Å². The summed E-state index contributed by atoms with van der Waals surface area (Å²) < 4.78 is 26.6. The van der Waals surface area contributed by atoms with E-state index in [2.05, 4.69) is 26.1 Å². The molecule has 0 fully saturated rings. The Morgan fingerprint density at radius 3 is 2.37 bits per heavy atom. The van der Waals surface area contributed by atoms with Crippen LogP contribution in [0.1, 0.15) is 5.56 Å². The van der Waals surface area contributed by atoms with Crippen molar-refractivity contribution in [3.8, 4) is 10.6 Å². The predicted molar refractivity (Wildman–Crippen MR) is 131 cm³/mol. The maximum absolute atomic E-state index is 13.5. The van der Waals surface area contributed by atoms with Crippen molar-refractivity contribution in [3.63, 3.8) is 0 Å². The van der Waals surface area contributed by atoms with E-state index >= 15 is 0 Å². The summed E-state index contributed by atoms with van der Waals surface area (Å²) in [6, 6.07) is 17.3. The summed E-state index contributed by atoms with van der Waals surface area (Å²) in [4.78, 5) is 25.6. The van der Waals surface area contributed by atoms with Gasteiger partial charge in [0.25, 0.3) is 0 Å². The van der Waals surface area contributed by atoms with E-state index < -0.39 is 29.6 Å². The average molecular weight is 514 g/mol. The fourth-order valence-electron chi connectivity index (χ4n) is 3.13. The molecule has 0 radical (unpaired) electrons. The van der Waals surface area contributed by atoms with Crippen LogP contribution in [0, 0.1) is 11.6 Å². The fraction of sp³-hybridized carbons (Fsp3) is 0.0833. The van der Waals surface area contributed by atoms with Crippen LogP contribution in [0.2, 0.25) is 5.02 Å². The molecule has 0 saturated heterocycles. The molecular weight excluding hydrogens is 496 g/mol. The number of halogens is 3. The minimum Gasteiger partial charge on any atom is -0.326 e. The Balaban J connectivity index is 1.47. The molecule has 35 heavy (non-hydrogen) atoms. The third-order valence-electron chi connectivity index (χ3n) is 4.83. The van der Waals surface area contributed by atoms with E-state index in [0.29, 0.717) is 10.0 Å². The van der Waals surface area contributed by atoms with E-state index in [-0.39, 0.29) is 17.2 Å². The van der Waals surface area contributed by atoms with Gasteiger partial charge in [-0.15, -0.1) is 10.2 Å². The first kappa shape index (κ1) is 24.2. The number of anilines is 2. The molecule has 0 aliphatic carbocycles. The Bertz CT molecular complexity index is 1340. The van der Waals surface area contributed by atoms with Crippen LogP contribution in [0.3, 0.4) is 0 Å². The Labute approximate surface area is 208 Å². The highest BCUT2D eigenvalue weighted by atomic mass is 35.5. The van der Waals surface area contributed by atoms with Crippen molar-refractivity contribution in [1.82, 2.24) is 15.5 Å². The van der Waals surface area contributed by atoms with Gasteiger partial charge >= 0.3 is 6.03 Å². The van der Waals surface area contributed by atoms with Crippen LogP contribution in [0.4, 0.5) is 24.4 Å². The van der Waals surface area contributed by atoms with Crippen LogP contribution in [0.5, 0.6) is 0 Å². The van der Waals surface area contributed by atoms with Crippen molar-refractivity contribution < 1.29 is 18.4 Å².